The zero-order valence-corrected chi connectivity index (χ0v) is 15.0. The molecule has 0 radical (unpaired) electrons. The molecule has 0 aliphatic carbocycles. The van der Waals surface area contributed by atoms with E-state index in [0.717, 1.165) is 17.7 Å². The van der Waals surface area contributed by atoms with Gasteiger partial charge in [0.15, 0.2) is 0 Å². The van der Waals surface area contributed by atoms with Gasteiger partial charge in [-0.05, 0) is 54.8 Å². The Kier molecular flexibility index (Phi) is 5.88. The highest BCUT2D eigenvalue weighted by molar-refractivity contribution is 9.10. The monoisotopic (exact) mass is 380 g/mol. The Bertz CT molecular complexity index is 729. The first-order chi connectivity index (χ1) is 10.9. The maximum atomic E-state index is 14.0. The summed E-state index contributed by atoms with van der Waals surface area (Å²) < 4.78 is 28.6. The molecular formula is C18H19BrF2N2. The number of halogens is 3. The van der Waals surface area contributed by atoms with Gasteiger partial charge in [-0.1, -0.05) is 22.0 Å². The standard InChI is InChI=1S/C18H19BrF2N2/c1-4-23(3)11-22-18-10-16(20)8-14(12(18)2)7-13-5-6-15(19)9-17(13)21/h5-6,8-11H,4,7H2,1-3H3. The van der Waals surface area contributed by atoms with Gasteiger partial charge in [0.2, 0.25) is 0 Å². The number of hydrogen-bond acceptors (Lipinski definition) is 1. The van der Waals surface area contributed by atoms with Gasteiger partial charge in [0.05, 0.1) is 12.0 Å². The van der Waals surface area contributed by atoms with Crippen LogP contribution in [0.1, 0.15) is 23.6 Å². The van der Waals surface area contributed by atoms with Crippen LogP contribution in [0.4, 0.5) is 14.5 Å². The average molecular weight is 381 g/mol. The molecule has 0 saturated heterocycles. The van der Waals surface area contributed by atoms with E-state index in [4.69, 9.17) is 0 Å². The van der Waals surface area contributed by atoms with Crippen LogP contribution in [-0.4, -0.2) is 24.8 Å². The first-order valence-electron chi connectivity index (χ1n) is 7.38. The summed E-state index contributed by atoms with van der Waals surface area (Å²) in [5.74, 6) is -0.673. The largest absolute Gasteiger partial charge is 0.366 e. The molecule has 5 heteroatoms. The Morgan fingerprint density at radius 2 is 1.91 bits per heavy atom. The number of nitrogens with zero attached hydrogens (tertiary/aromatic N) is 2. The minimum atomic E-state index is -0.366. The van der Waals surface area contributed by atoms with E-state index in [2.05, 4.69) is 20.9 Å². The van der Waals surface area contributed by atoms with Gasteiger partial charge in [-0.15, -0.1) is 0 Å². The van der Waals surface area contributed by atoms with Gasteiger partial charge in [-0.3, -0.25) is 0 Å². The molecule has 2 nitrogen and oxygen atoms in total. The van der Waals surface area contributed by atoms with Crippen LogP contribution >= 0.6 is 15.9 Å². The fraction of sp³-hybridized carbons (Fsp3) is 0.278. The third-order valence-corrected chi connectivity index (χ3v) is 4.23. The second-order valence-corrected chi connectivity index (χ2v) is 6.36. The smallest absolute Gasteiger partial charge is 0.127 e. The Morgan fingerprint density at radius 1 is 1.17 bits per heavy atom. The summed E-state index contributed by atoms with van der Waals surface area (Å²) in [6.07, 6.45) is 2.00. The molecule has 0 amide bonds. The summed E-state index contributed by atoms with van der Waals surface area (Å²) in [5, 5.41) is 0. The van der Waals surface area contributed by atoms with Crippen molar-refractivity contribution in [2.24, 2.45) is 4.99 Å². The lowest BCUT2D eigenvalue weighted by Gasteiger charge is -2.12. The number of benzene rings is 2. The lowest BCUT2D eigenvalue weighted by molar-refractivity contribution is 0.552. The van der Waals surface area contributed by atoms with Crippen molar-refractivity contribution in [2.45, 2.75) is 20.3 Å². The van der Waals surface area contributed by atoms with Crippen LogP contribution in [0, 0.1) is 18.6 Å². The Morgan fingerprint density at radius 3 is 2.57 bits per heavy atom. The van der Waals surface area contributed by atoms with Gasteiger partial charge in [0.1, 0.15) is 11.6 Å². The molecular weight excluding hydrogens is 362 g/mol. The molecule has 0 N–H and O–H groups in total. The second-order valence-electron chi connectivity index (χ2n) is 5.44. The van der Waals surface area contributed by atoms with Crippen LogP contribution in [0.5, 0.6) is 0 Å². The van der Waals surface area contributed by atoms with E-state index in [1.54, 1.807) is 18.5 Å². The van der Waals surface area contributed by atoms with E-state index in [1.165, 1.54) is 18.2 Å². The van der Waals surface area contributed by atoms with Gasteiger partial charge in [0.25, 0.3) is 0 Å². The molecule has 0 atom stereocenters. The summed E-state index contributed by atoms with van der Waals surface area (Å²) in [7, 11) is 1.90. The van der Waals surface area contributed by atoms with Crippen molar-refractivity contribution >= 4 is 28.0 Å². The lowest BCUT2D eigenvalue weighted by Crippen LogP contribution is -2.14. The van der Waals surface area contributed by atoms with E-state index in [0.29, 0.717) is 22.1 Å². The molecule has 2 rings (SSSR count). The first-order valence-corrected chi connectivity index (χ1v) is 8.17. The predicted octanol–water partition coefficient (Wildman–Crippen LogP) is 5.24. The quantitative estimate of drug-likeness (QED) is 0.511. The van der Waals surface area contributed by atoms with Gasteiger partial charge in [-0.2, -0.15) is 0 Å². The van der Waals surface area contributed by atoms with Crippen LogP contribution in [-0.2, 0) is 6.42 Å². The molecule has 0 spiro atoms. The fourth-order valence-corrected chi connectivity index (χ4v) is 2.48. The molecule has 0 aliphatic rings. The average Bonchev–Trinajstić information content (AvgIpc) is 2.51. The van der Waals surface area contributed by atoms with Crippen molar-refractivity contribution in [3.8, 4) is 0 Å². The summed E-state index contributed by atoms with van der Waals surface area (Å²) >= 11 is 3.24. The van der Waals surface area contributed by atoms with Crippen LogP contribution in [0.15, 0.2) is 39.8 Å². The van der Waals surface area contributed by atoms with Gasteiger partial charge < -0.3 is 4.90 Å². The highest BCUT2D eigenvalue weighted by Crippen LogP contribution is 2.27. The maximum absolute atomic E-state index is 14.0. The van der Waals surface area contributed by atoms with Crippen LogP contribution < -0.4 is 0 Å². The topological polar surface area (TPSA) is 15.6 Å². The molecule has 0 aromatic heterocycles. The number of rotatable bonds is 5. The molecule has 0 heterocycles. The van der Waals surface area contributed by atoms with E-state index in [1.807, 2.05) is 25.8 Å². The lowest BCUT2D eigenvalue weighted by atomic mass is 9.99. The normalized spacial score (nSPS) is 11.2. The Labute approximate surface area is 144 Å². The minimum Gasteiger partial charge on any atom is -0.366 e. The molecule has 0 aliphatic heterocycles. The predicted molar refractivity (Wildman–Crippen MR) is 94.5 cm³/mol. The fourth-order valence-electron chi connectivity index (χ4n) is 2.15. The first kappa shape index (κ1) is 17.6. The van der Waals surface area contributed by atoms with Crippen LogP contribution in [0.3, 0.4) is 0 Å². The maximum Gasteiger partial charge on any atom is 0.127 e. The van der Waals surface area contributed by atoms with E-state index < -0.39 is 0 Å². The number of hydrogen-bond donors (Lipinski definition) is 0. The number of aliphatic imine (C=N–C) groups is 1. The van der Waals surface area contributed by atoms with Gasteiger partial charge in [0, 0.05) is 24.5 Å². The van der Waals surface area contributed by atoms with E-state index in [-0.39, 0.29) is 11.6 Å². The Balaban J connectivity index is 2.35. The molecule has 23 heavy (non-hydrogen) atoms. The molecule has 122 valence electrons. The molecule has 2 aromatic rings. The summed E-state index contributed by atoms with van der Waals surface area (Å²) in [6.45, 7) is 4.70. The van der Waals surface area contributed by atoms with Crippen LogP contribution in [0.2, 0.25) is 0 Å². The van der Waals surface area contributed by atoms with Crippen molar-refractivity contribution in [1.29, 1.82) is 0 Å². The molecule has 0 saturated carbocycles. The summed E-state index contributed by atoms with van der Waals surface area (Å²) in [5.41, 5.74) is 2.69. The summed E-state index contributed by atoms with van der Waals surface area (Å²) in [6, 6.07) is 7.75. The van der Waals surface area contributed by atoms with Gasteiger partial charge >= 0.3 is 0 Å². The highest BCUT2D eigenvalue weighted by Gasteiger charge is 2.10. The molecule has 0 bridgehead atoms. The summed E-state index contributed by atoms with van der Waals surface area (Å²) in [4.78, 5) is 6.24. The third kappa shape index (κ3) is 4.61. The Hall–Kier alpha value is -1.75. The highest BCUT2D eigenvalue weighted by atomic mass is 79.9. The van der Waals surface area contributed by atoms with Crippen molar-refractivity contribution < 1.29 is 8.78 Å². The van der Waals surface area contributed by atoms with Crippen molar-refractivity contribution in [3.05, 3.63) is 63.1 Å². The molecule has 0 fully saturated rings. The van der Waals surface area contributed by atoms with Gasteiger partial charge in [-0.25, -0.2) is 13.8 Å². The van der Waals surface area contributed by atoms with Crippen molar-refractivity contribution in [1.82, 2.24) is 4.90 Å². The SMILES string of the molecule is CCN(C)C=Nc1cc(F)cc(Cc2ccc(Br)cc2F)c1C. The minimum absolute atomic E-state index is 0.307. The molecule has 2 aromatic carbocycles. The van der Waals surface area contributed by atoms with Crippen molar-refractivity contribution in [2.75, 3.05) is 13.6 Å². The molecule has 0 unspecified atom stereocenters. The second kappa shape index (κ2) is 7.68. The van der Waals surface area contributed by atoms with Crippen molar-refractivity contribution in [3.63, 3.8) is 0 Å². The van der Waals surface area contributed by atoms with Crippen LogP contribution in [0.25, 0.3) is 0 Å². The third-order valence-electron chi connectivity index (χ3n) is 3.74. The van der Waals surface area contributed by atoms with E-state index >= 15 is 0 Å². The zero-order chi connectivity index (χ0) is 17.0. The van der Waals surface area contributed by atoms with E-state index in [9.17, 15) is 8.78 Å². The zero-order valence-electron chi connectivity index (χ0n) is 13.4.